The van der Waals surface area contributed by atoms with Gasteiger partial charge in [0.25, 0.3) is 0 Å². The normalized spacial score (nSPS) is 27.2. The minimum Gasteiger partial charge on any atom is -0.468 e. The molecule has 6 nitrogen and oxygen atoms in total. The van der Waals surface area contributed by atoms with Crippen molar-refractivity contribution in [2.45, 2.75) is 51.7 Å². The van der Waals surface area contributed by atoms with E-state index >= 15 is 0 Å². The number of hydrogen-bond acceptors (Lipinski definition) is 5. The van der Waals surface area contributed by atoms with Gasteiger partial charge in [0.15, 0.2) is 0 Å². The molecule has 0 unspecified atom stereocenters. The van der Waals surface area contributed by atoms with Crippen LogP contribution in [0, 0.1) is 11.8 Å². The summed E-state index contributed by atoms with van der Waals surface area (Å²) in [6, 6.07) is -0.248. The van der Waals surface area contributed by atoms with Crippen molar-refractivity contribution in [2.75, 3.05) is 33.4 Å². The number of carbonyl (C=O) groups excluding carboxylic acids is 2. The summed E-state index contributed by atoms with van der Waals surface area (Å²) in [6.45, 7) is 6.35. The van der Waals surface area contributed by atoms with Gasteiger partial charge in [0, 0.05) is 19.7 Å². The lowest BCUT2D eigenvalue weighted by molar-refractivity contribution is -0.147. The third-order valence-electron chi connectivity index (χ3n) is 4.87. The Morgan fingerprint density at radius 2 is 2.09 bits per heavy atom. The standard InChI is InChI=1S/C17H30N2O4/c1-12(2)23-9-5-8-18-15(20)11-19-10-13-6-4-7-14(13)16(19)17(21)22-3/h12-14,16H,4-11H2,1-3H3,(H,18,20)/t13-,14+,16+/m1/s1. The molecule has 1 aliphatic heterocycles. The van der Waals surface area contributed by atoms with E-state index < -0.39 is 0 Å². The zero-order valence-corrected chi connectivity index (χ0v) is 14.5. The van der Waals surface area contributed by atoms with E-state index in [9.17, 15) is 9.59 Å². The molecule has 1 saturated carbocycles. The van der Waals surface area contributed by atoms with Crippen LogP contribution < -0.4 is 5.32 Å². The fourth-order valence-electron chi connectivity index (χ4n) is 3.86. The van der Waals surface area contributed by atoms with Gasteiger partial charge in [0.1, 0.15) is 6.04 Å². The van der Waals surface area contributed by atoms with Crippen LogP contribution in [0.1, 0.15) is 39.5 Å². The second-order valence-corrected chi connectivity index (χ2v) is 6.88. The zero-order valence-electron chi connectivity index (χ0n) is 14.5. The summed E-state index contributed by atoms with van der Waals surface area (Å²) in [6.07, 6.45) is 4.42. The number of likely N-dealkylation sites (tertiary alicyclic amines) is 1. The first-order chi connectivity index (χ1) is 11.0. The Morgan fingerprint density at radius 3 is 2.78 bits per heavy atom. The number of nitrogens with zero attached hydrogens (tertiary/aromatic N) is 1. The SMILES string of the molecule is COC(=O)[C@@H]1[C@H]2CCC[C@@H]2CN1CC(=O)NCCCOC(C)C. The largest absolute Gasteiger partial charge is 0.468 e. The van der Waals surface area contributed by atoms with Gasteiger partial charge in [-0.2, -0.15) is 0 Å². The number of hydrogen-bond donors (Lipinski definition) is 1. The average molecular weight is 326 g/mol. The van der Waals surface area contributed by atoms with Crippen LogP contribution in [0.25, 0.3) is 0 Å². The molecule has 0 aromatic heterocycles. The lowest BCUT2D eigenvalue weighted by Crippen LogP contribution is -2.45. The quantitative estimate of drug-likeness (QED) is 0.536. The molecule has 23 heavy (non-hydrogen) atoms. The molecule has 1 N–H and O–H groups in total. The highest BCUT2D eigenvalue weighted by Crippen LogP contribution is 2.42. The van der Waals surface area contributed by atoms with Crippen LogP contribution >= 0.6 is 0 Å². The molecule has 1 saturated heterocycles. The molecule has 132 valence electrons. The smallest absolute Gasteiger partial charge is 0.323 e. The number of nitrogens with one attached hydrogen (secondary N) is 1. The van der Waals surface area contributed by atoms with Gasteiger partial charge in [-0.15, -0.1) is 0 Å². The summed E-state index contributed by atoms with van der Waals surface area (Å²) in [7, 11) is 1.43. The topological polar surface area (TPSA) is 67.9 Å². The van der Waals surface area contributed by atoms with Gasteiger partial charge in [-0.1, -0.05) is 6.42 Å². The maximum Gasteiger partial charge on any atom is 0.323 e. The van der Waals surface area contributed by atoms with Crippen molar-refractivity contribution >= 4 is 11.9 Å². The zero-order chi connectivity index (χ0) is 16.8. The molecular weight excluding hydrogens is 296 g/mol. The molecular formula is C17H30N2O4. The van der Waals surface area contributed by atoms with Gasteiger partial charge in [-0.05, 0) is 44.9 Å². The summed E-state index contributed by atoms with van der Waals surface area (Å²) in [5.41, 5.74) is 0. The molecule has 0 aromatic rings. The van der Waals surface area contributed by atoms with Crippen molar-refractivity contribution in [3.63, 3.8) is 0 Å². The second kappa shape index (κ2) is 8.64. The lowest BCUT2D eigenvalue weighted by atomic mass is 9.94. The second-order valence-electron chi connectivity index (χ2n) is 6.88. The Hall–Kier alpha value is -1.14. The Morgan fingerprint density at radius 1 is 1.30 bits per heavy atom. The monoisotopic (exact) mass is 326 g/mol. The summed E-state index contributed by atoms with van der Waals surface area (Å²) >= 11 is 0. The summed E-state index contributed by atoms with van der Waals surface area (Å²) < 4.78 is 10.4. The van der Waals surface area contributed by atoms with E-state index in [1.807, 2.05) is 18.7 Å². The minimum absolute atomic E-state index is 0.0246. The van der Waals surface area contributed by atoms with Crippen molar-refractivity contribution in [1.82, 2.24) is 10.2 Å². The number of carbonyl (C=O) groups is 2. The van der Waals surface area contributed by atoms with E-state index in [4.69, 9.17) is 9.47 Å². The van der Waals surface area contributed by atoms with E-state index in [-0.39, 0.29) is 30.6 Å². The summed E-state index contributed by atoms with van der Waals surface area (Å²) in [4.78, 5) is 26.2. The van der Waals surface area contributed by atoms with E-state index in [1.54, 1.807) is 0 Å². The first-order valence-electron chi connectivity index (χ1n) is 8.73. The summed E-state index contributed by atoms with van der Waals surface area (Å²) in [5.74, 6) is 0.669. The molecule has 0 bridgehead atoms. The van der Waals surface area contributed by atoms with Gasteiger partial charge in [-0.3, -0.25) is 14.5 Å². The first-order valence-corrected chi connectivity index (χ1v) is 8.73. The predicted molar refractivity (Wildman–Crippen MR) is 86.9 cm³/mol. The van der Waals surface area contributed by atoms with Gasteiger partial charge in [0.2, 0.25) is 5.91 Å². The van der Waals surface area contributed by atoms with Crippen LogP contribution in [0.15, 0.2) is 0 Å². The van der Waals surface area contributed by atoms with Gasteiger partial charge in [0.05, 0.1) is 19.8 Å². The molecule has 2 aliphatic rings. The molecule has 0 spiro atoms. The molecule has 2 rings (SSSR count). The minimum atomic E-state index is -0.248. The lowest BCUT2D eigenvalue weighted by Gasteiger charge is -2.24. The number of rotatable bonds is 8. The Kier molecular flexibility index (Phi) is 6.84. The molecule has 3 atom stereocenters. The van der Waals surface area contributed by atoms with E-state index in [1.165, 1.54) is 13.5 Å². The van der Waals surface area contributed by atoms with Crippen LogP contribution in [0.3, 0.4) is 0 Å². The van der Waals surface area contributed by atoms with Crippen molar-refractivity contribution < 1.29 is 19.1 Å². The van der Waals surface area contributed by atoms with E-state index in [2.05, 4.69) is 5.32 Å². The van der Waals surface area contributed by atoms with E-state index in [0.29, 0.717) is 25.0 Å². The first kappa shape index (κ1) is 18.2. The fraction of sp³-hybridized carbons (Fsp3) is 0.882. The Bertz CT molecular complexity index is 413. The van der Waals surface area contributed by atoms with Gasteiger partial charge >= 0.3 is 5.97 Å². The fourth-order valence-corrected chi connectivity index (χ4v) is 3.86. The van der Waals surface area contributed by atoms with Crippen LogP contribution in [0.4, 0.5) is 0 Å². The Balaban J connectivity index is 1.76. The molecule has 1 heterocycles. The molecule has 0 aromatic carbocycles. The number of fused-ring (bicyclic) bond motifs is 1. The molecule has 1 amide bonds. The van der Waals surface area contributed by atoms with Crippen molar-refractivity contribution in [2.24, 2.45) is 11.8 Å². The highest BCUT2D eigenvalue weighted by atomic mass is 16.5. The van der Waals surface area contributed by atoms with Crippen LogP contribution in [0.2, 0.25) is 0 Å². The van der Waals surface area contributed by atoms with Crippen LogP contribution in [0.5, 0.6) is 0 Å². The van der Waals surface area contributed by atoms with E-state index in [0.717, 1.165) is 25.8 Å². The van der Waals surface area contributed by atoms with Crippen LogP contribution in [-0.4, -0.2) is 62.3 Å². The maximum absolute atomic E-state index is 12.1. The third kappa shape index (κ3) is 4.91. The predicted octanol–water partition coefficient (Wildman–Crippen LogP) is 1.19. The van der Waals surface area contributed by atoms with Gasteiger partial charge < -0.3 is 14.8 Å². The number of methoxy groups -OCH3 is 1. The summed E-state index contributed by atoms with van der Waals surface area (Å²) in [5, 5.41) is 2.91. The molecule has 0 radical (unpaired) electrons. The highest BCUT2D eigenvalue weighted by Gasteiger charge is 2.48. The number of esters is 1. The Labute approximate surface area is 138 Å². The highest BCUT2D eigenvalue weighted by molar-refractivity contribution is 5.81. The molecule has 2 fully saturated rings. The van der Waals surface area contributed by atoms with Crippen molar-refractivity contribution in [3.05, 3.63) is 0 Å². The number of ether oxygens (including phenoxy) is 2. The van der Waals surface area contributed by atoms with Crippen molar-refractivity contribution in [3.8, 4) is 0 Å². The molecule has 6 heteroatoms. The van der Waals surface area contributed by atoms with Crippen LogP contribution in [-0.2, 0) is 19.1 Å². The molecule has 1 aliphatic carbocycles. The number of amides is 1. The van der Waals surface area contributed by atoms with Crippen molar-refractivity contribution in [1.29, 1.82) is 0 Å². The maximum atomic E-state index is 12.1. The average Bonchev–Trinajstić information content (AvgIpc) is 3.06. The van der Waals surface area contributed by atoms with Gasteiger partial charge in [-0.25, -0.2) is 0 Å². The third-order valence-corrected chi connectivity index (χ3v) is 4.87.